The molecule has 0 N–H and O–H groups in total. The van der Waals surface area contributed by atoms with Crippen molar-refractivity contribution in [3.05, 3.63) is 12.0 Å². The Labute approximate surface area is 114 Å². The molecule has 0 aliphatic heterocycles. The van der Waals surface area contributed by atoms with Crippen molar-refractivity contribution in [2.24, 2.45) is 0 Å². The van der Waals surface area contributed by atoms with Crippen LogP contribution in [0.1, 0.15) is 51.3 Å². The van der Waals surface area contributed by atoms with Crippen LogP contribution in [0.15, 0.2) is 11.2 Å². The number of hydrogen-bond acceptors (Lipinski definition) is 3. The van der Waals surface area contributed by atoms with E-state index in [9.17, 15) is 8.42 Å². The van der Waals surface area contributed by atoms with Crippen LogP contribution < -0.4 is 0 Å². The third kappa shape index (κ3) is 4.98. The lowest BCUT2D eigenvalue weighted by atomic mass is 10.1. The third-order valence-electron chi connectivity index (χ3n) is 2.96. The fourth-order valence-corrected chi connectivity index (χ4v) is 2.60. The molecular weight excluding hydrogens is 272 g/mol. The number of rotatable bonds is 8. The second kappa shape index (κ2) is 7.14. The minimum absolute atomic E-state index is 0.0485. The fourth-order valence-electron chi connectivity index (χ4n) is 1.89. The number of aromatic nitrogens is 2. The lowest BCUT2D eigenvalue weighted by Gasteiger charge is -2.04. The predicted molar refractivity (Wildman–Crippen MR) is 73.4 cm³/mol. The van der Waals surface area contributed by atoms with Crippen molar-refractivity contribution in [3.8, 4) is 0 Å². The Hall–Kier alpha value is -0.550. The van der Waals surface area contributed by atoms with Gasteiger partial charge in [-0.2, -0.15) is 0 Å². The molecule has 0 unspecified atom stereocenters. The average molecular weight is 293 g/mol. The summed E-state index contributed by atoms with van der Waals surface area (Å²) < 4.78 is 24.1. The number of halogens is 1. The van der Waals surface area contributed by atoms with Gasteiger partial charge >= 0.3 is 0 Å². The largest absolute Gasteiger partial charge is 0.334 e. The lowest BCUT2D eigenvalue weighted by molar-refractivity contribution is 0.551. The highest BCUT2D eigenvalue weighted by Gasteiger charge is 2.15. The van der Waals surface area contributed by atoms with Gasteiger partial charge in [0.25, 0.3) is 9.05 Å². The summed E-state index contributed by atoms with van der Waals surface area (Å²) in [6.45, 7) is 4.79. The normalized spacial score (nSPS) is 11.9. The van der Waals surface area contributed by atoms with Gasteiger partial charge in [-0.1, -0.05) is 39.0 Å². The smallest absolute Gasteiger partial charge is 0.280 e. The maximum Gasteiger partial charge on any atom is 0.280 e. The first kappa shape index (κ1) is 15.5. The zero-order valence-electron chi connectivity index (χ0n) is 11.0. The van der Waals surface area contributed by atoms with Crippen molar-refractivity contribution < 1.29 is 8.42 Å². The van der Waals surface area contributed by atoms with Crippen LogP contribution in [0.5, 0.6) is 0 Å². The minimum atomic E-state index is -3.71. The van der Waals surface area contributed by atoms with Gasteiger partial charge in [-0.25, -0.2) is 13.4 Å². The molecule has 0 aliphatic rings. The van der Waals surface area contributed by atoms with Gasteiger partial charge in [0, 0.05) is 23.4 Å². The van der Waals surface area contributed by atoms with Crippen LogP contribution >= 0.6 is 10.7 Å². The second-order valence-corrected chi connectivity index (χ2v) is 7.04. The Kier molecular flexibility index (Phi) is 6.15. The van der Waals surface area contributed by atoms with Crippen LogP contribution in [-0.4, -0.2) is 18.0 Å². The van der Waals surface area contributed by atoms with E-state index >= 15 is 0 Å². The fraction of sp³-hybridized carbons (Fsp3) is 0.750. The van der Waals surface area contributed by atoms with Gasteiger partial charge in [-0.05, 0) is 13.3 Å². The molecule has 0 fully saturated rings. The number of nitrogens with zero attached hydrogens (tertiary/aromatic N) is 2. The van der Waals surface area contributed by atoms with Gasteiger partial charge < -0.3 is 4.57 Å². The van der Waals surface area contributed by atoms with E-state index in [2.05, 4.69) is 11.9 Å². The molecule has 0 saturated carbocycles. The van der Waals surface area contributed by atoms with E-state index < -0.39 is 9.05 Å². The zero-order chi connectivity index (χ0) is 13.6. The molecule has 0 aromatic carbocycles. The number of imidazole rings is 1. The Bertz CT molecular complexity index is 468. The van der Waals surface area contributed by atoms with Crippen LogP contribution in [-0.2, 0) is 15.6 Å². The number of unbranched alkanes of at least 4 members (excludes halogenated alkanes) is 5. The van der Waals surface area contributed by atoms with E-state index in [1.807, 2.05) is 4.57 Å². The number of aryl methyl sites for hydroxylation is 2. The van der Waals surface area contributed by atoms with E-state index in [4.69, 9.17) is 10.7 Å². The first-order valence-electron chi connectivity index (χ1n) is 6.43. The standard InChI is InChI=1S/C12H21ClN2O2S/c1-3-4-5-6-7-8-9-15-10-12(14-11(15)2)18(13,16)17/h10H,3-9H2,1-2H3. The molecule has 0 saturated heterocycles. The molecule has 1 rings (SSSR count). The second-order valence-electron chi connectivity index (χ2n) is 4.53. The maximum atomic E-state index is 11.1. The quantitative estimate of drug-likeness (QED) is 0.544. The highest BCUT2D eigenvalue weighted by Crippen LogP contribution is 2.15. The van der Waals surface area contributed by atoms with E-state index in [0.29, 0.717) is 5.82 Å². The summed E-state index contributed by atoms with van der Waals surface area (Å²) in [6.07, 6.45) is 8.78. The molecule has 1 aromatic rings. The molecule has 4 nitrogen and oxygen atoms in total. The van der Waals surface area contributed by atoms with Crippen LogP contribution in [0.4, 0.5) is 0 Å². The van der Waals surface area contributed by atoms with Gasteiger partial charge in [-0.3, -0.25) is 0 Å². The van der Waals surface area contributed by atoms with Crippen molar-refractivity contribution >= 4 is 19.7 Å². The van der Waals surface area contributed by atoms with Crippen molar-refractivity contribution in [1.82, 2.24) is 9.55 Å². The van der Waals surface area contributed by atoms with E-state index in [1.165, 1.54) is 38.3 Å². The van der Waals surface area contributed by atoms with E-state index in [1.54, 1.807) is 6.92 Å². The summed E-state index contributed by atoms with van der Waals surface area (Å²) >= 11 is 0. The molecule has 1 aromatic heterocycles. The van der Waals surface area contributed by atoms with Crippen LogP contribution in [0.2, 0.25) is 0 Å². The zero-order valence-corrected chi connectivity index (χ0v) is 12.6. The Morgan fingerprint density at radius 2 is 1.83 bits per heavy atom. The van der Waals surface area contributed by atoms with E-state index in [-0.39, 0.29) is 5.03 Å². The van der Waals surface area contributed by atoms with E-state index in [0.717, 1.165) is 13.0 Å². The van der Waals surface area contributed by atoms with Crippen LogP contribution in [0.3, 0.4) is 0 Å². The molecule has 18 heavy (non-hydrogen) atoms. The summed E-state index contributed by atoms with van der Waals surface area (Å²) in [4.78, 5) is 3.95. The van der Waals surface area contributed by atoms with Gasteiger partial charge in [0.05, 0.1) is 0 Å². The van der Waals surface area contributed by atoms with Gasteiger partial charge in [0.1, 0.15) is 5.82 Å². The maximum absolute atomic E-state index is 11.1. The lowest BCUT2D eigenvalue weighted by Crippen LogP contribution is -1.99. The van der Waals surface area contributed by atoms with Gasteiger partial charge in [0.2, 0.25) is 0 Å². The molecular formula is C12H21ClN2O2S. The molecule has 1 heterocycles. The first-order valence-corrected chi connectivity index (χ1v) is 8.74. The molecule has 0 atom stereocenters. The van der Waals surface area contributed by atoms with Crippen molar-refractivity contribution in [2.45, 2.75) is 63.9 Å². The summed E-state index contributed by atoms with van der Waals surface area (Å²) in [6, 6.07) is 0. The molecule has 0 aliphatic carbocycles. The first-order chi connectivity index (χ1) is 8.45. The van der Waals surface area contributed by atoms with Gasteiger partial charge in [-0.15, -0.1) is 0 Å². The Balaban J connectivity index is 2.41. The van der Waals surface area contributed by atoms with Crippen molar-refractivity contribution in [3.63, 3.8) is 0 Å². The van der Waals surface area contributed by atoms with Crippen molar-refractivity contribution in [2.75, 3.05) is 0 Å². The monoisotopic (exact) mass is 292 g/mol. The summed E-state index contributed by atoms with van der Waals surface area (Å²) in [5.74, 6) is 0.697. The summed E-state index contributed by atoms with van der Waals surface area (Å²) in [5.41, 5.74) is 0. The predicted octanol–water partition coefficient (Wildman–Crippen LogP) is 3.48. The highest BCUT2D eigenvalue weighted by molar-refractivity contribution is 8.13. The molecule has 0 radical (unpaired) electrons. The summed E-state index contributed by atoms with van der Waals surface area (Å²) in [7, 11) is 1.55. The molecule has 0 bridgehead atoms. The molecule has 0 spiro atoms. The molecule has 0 amide bonds. The van der Waals surface area contributed by atoms with Crippen molar-refractivity contribution in [1.29, 1.82) is 0 Å². The Morgan fingerprint density at radius 3 is 2.39 bits per heavy atom. The van der Waals surface area contributed by atoms with Crippen LogP contribution in [0.25, 0.3) is 0 Å². The molecule has 6 heteroatoms. The van der Waals surface area contributed by atoms with Gasteiger partial charge in [0.15, 0.2) is 5.03 Å². The van der Waals surface area contributed by atoms with Crippen LogP contribution in [0, 0.1) is 6.92 Å². The summed E-state index contributed by atoms with van der Waals surface area (Å²) in [5, 5.41) is -0.0485. The topological polar surface area (TPSA) is 52.0 Å². The Morgan fingerprint density at radius 1 is 1.22 bits per heavy atom. The highest BCUT2D eigenvalue weighted by atomic mass is 35.7. The third-order valence-corrected chi connectivity index (χ3v) is 4.13. The number of hydrogen-bond donors (Lipinski definition) is 0. The molecule has 104 valence electrons. The SMILES string of the molecule is CCCCCCCCn1cc(S(=O)(=O)Cl)nc1C. The minimum Gasteiger partial charge on any atom is -0.334 e. The average Bonchev–Trinajstić information content (AvgIpc) is 2.65.